The SMILES string of the molecule is CCO[C@H]1OC(C(N)=O)[C@H](O)C(O)[C@@H]1O. The molecular formula is C8H15NO6. The zero-order valence-corrected chi connectivity index (χ0v) is 8.24. The van der Waals surface area contributed by atoms with Crippen LogP contribution in [0.5, 0.6) is 0 Å². The molecule has 0 aromatic carbocycles. The third-order valence-electron chi connectivity index (χ3n) is 2.18. The standard InChI is InChI=1S/C8H15NO6/c1-2-14-8-5(12)3(10)4(11)6(15-8)7(9)13/h3-6,8,10-12H,2H2,1H3,(H2,9,13)/t3?,4-,5+,6?,8+/m1/s1. The summed E-state index contributed by atoms with van der Waals surface area (Å²) in [7, 11) is 0. The molecule has 0 bridgehead atoms. The van der Waals surface area contributed by atoms with E-state index in [1.54, 1.807) is 6.92 Å². The lowest BCUT2D eigenvalue weighted by Gasteiger charge is -2.38. The Morgan fingerprint density at radius 2 is 1.93 bits per heavy atom. The van der Waals surface area contributed by atoms with Crippen LogP contribution in [0.3, 0.4) is 0 Å². The molecule has 1 rings (SSSR count). The average Bonchev–Trinajstić information content (AvgIpc) is 2.18. The number of carbonyl (C=O) groups excluding carboxylic acids is 1. The molecule has 0 spiro atoms. The smallest absolute Gasteiger partial charge is 0.249 e. The predicted molar refractivity (Wildman–Crippen MR) is 47.5 cm³/mol. The van der Waals surface area contributed by atoms with Crippen LogP contribution in [-0.2, 0) is 14.3 Å². The predicted octanol–water partition coefficient (Wildman–Crippen LogP) is -2.68. The Hall–Kier alpha value is -0.730. The number of hydrogen-bond acceptors (Lipinski definition) is 6. The Balaban J connectivity index is 2.75. The Bertz CT molecular complexity index is 235. The number of carbonyl (C=O) groups is 1. The molecule has 2 unspecified atom stereocenters. The Kier molecular flexibility index (Phi) is 4.00. The third kappa shape index (κ3) is 2.44. The van der Waals surface area contributed by atoms with Gasteiger partial charge in [0, 0.05) is 6.61 Å². The van der Waals surface area contributed by atoms with Gasteiger partial charge in [-0.15, -0.1) is 0 Å². The molecule has 7 heteroatoms. The molecule has 1 heterocycles. The van der Waals surface area contributed by atoms with E-state index in [4.69, 9.17) is 15.2 Å². The van der Waals surface area contributed by atoms with E-state index >= 15 is 0 Å². The zero-order chi connectivity index (χ0) is 11.6. The van der Waals surface area contributed by atoms with Gasteiger partial charge in [0.15, 0.2) is 12.4 Å². The lowest BCUT2D eigenvalue weighted by atomic mass is 9.98. The second-order valence-corrected chi connectivity index (χ2v) is 3.25. The van der Waals surface area contributed by atoms with Gasteiger partial charge in [0.1, 0.15) is 18.3 Å². The highest BCUT2D eigenvalue weighted by Gasteiger charge is 2.46. The maximum atomic E-state index is 10.9. The van der Waals surface area contributed by atoms with E-state index in [2.05, 4.69) is 0 Å². The first kappa shape index (κ1) is 12.3. The fourth-order valence-corrected chi connectivity index (χ4v) is 1.39. The second kappa shape index (κ2) is 4.86. The van der Waals surface area contributed by atoms with Crippen molar-refractivity contribution >= 4 is 5.91 Å². The third-order valence-corrected chi connectivity index (χ3v) is 2.18. The monoisotopic (exact) mass is 221 g/mol. The molecule has 5 N–H and O–H groups in total. The van der Waals surface area contributed by atoms with Gasteiger partial charge in [-0.25, -0.2) is 0 Å². The molecule has 0 aliphatic carbocycles. The average molecular weight is 221 g/mol. The van der Waals surface area contributed by atoms with Crippen LogP contribution in [0.2, 0.25) is 0 Å². The number of amides is 1. The molecule has 1 aliphatic rings. The molecule has 88 valence electrons. The summed E-state index contributed by atoms with van der Waals surface area (Å²) in [6.07, 6.45) is -7.01. The summed E-state index contributed by atoms with van der Waals surface area (Å²) in [6.45, 7) is 1.89. The van der Waals surface area contributed by atoms with Crippen LogP contribution < -0.4 is 5.73 Å². The number of primary amides is 1. The molecule has 1 amide bonds. The van der Waals surface area contributed by atoms with Crippen molar-refractivity contribution < 1.29 is 29.6 Å². The van der Waals surface area contributed by atoms with Crippen molar-refractivity contribution in [1.82, 2.24) is 0 Å². The van der Waals surface area contributed by atoms with Crippen molar-refractivity contribution in [2.75, 3.05) is 6.61 Å². The lowest BCUT2D eigenvalue weighted by molar-refractivity contribution is -0.288. The van der Waals surface area contributed by atoms with Crippen molar-refractivity contribution in [3.05, 3.63) is 0 Å². The number of hydrogen-bond donors (Lipinski definition) is 4. The van der Waals surface area contributed by atoms with Crippen LogP contribution in [0.4, 0.5) is 0 Å². The van der Waals surface area contributed by atoms with Crippen molar-refractivity contribution in [3.8, 4) is 0 Å². The molecule has 0 aromatic rings. The highest BCUT2D eigenvalue weighted by atomic mass is 16.7. The quantitative estimate of drug-likeness (QED) is 0.412. The molecule has 0 radical (unpaired) electrons. The van der Waals surface area contributed by atoms with Crippen molar-refractivity contribution in [1.29, 1.82) is 0 Å². The van der Waals surface area contributed by atoms with Crippen LogP contribution in [0, 0.1) is 0 Å². The summed E-state index contributed by atoms with van der Waals surface area (Å²) < 4.78 is 9.87. The van der Waals surface area contributed by atoms with Gasteiger partial charge in [-0.3, -0.25) is 4.79 Å². The molecule has 1 aliphatic heterocycles. The Morgan fingerprint density at radius 3 is 2.40 bits per heavy atom. The minimum Gasteiger partial charge on any atom is -0.387 e. The molecule has 15 heavy (non-hydrogen) atoms. The molecule has 0 aromatic heterocycles. The summed E-state index contributed by atoms with van der Waals surface area (Å²) in [5, 5.41) is 28.2. The van der Waals surface area contributed by atoms with E-state index in [-0.39, 0.29) is 6.61 Å². The summed E-state index contributed by atoms with van der Waals surface area (Å²) in [5.41, 5.74) is 4.95. The fourth-order valence-electron chi connectivity index (χ4n) is 1.39. The van der Waals surface area contributed by atoms with Crippen LogP contribution in [0.1, 0.15) is 6.92 Å². The van der Waals surface area contributed by atoms with Gasteiger partial charge >= 0.3 is 0 Å². The number of aliphatic hydroxyl groups is 3. The van der Waals surface area contributed by atoms with Gasteiger partial charge < -0.3 is 30.5 Å². The maximum absolute atomic E-state index is 10.9. The van der Waals surface area contributed by atoms with E-state index in [1.807, 2.05) is 0 Å². The van der Waals surface area contributed by atoms with Crippen LogP contribution in [-0.4, -0.2) is 58.5 Å². The maximum Gasteiger partial charge on any atom is 0.249 e. The Labute approximate surface area is 86.4 Å². The normalized spacial score (nSPS) is 41.5. The summed E-state index contributed by atoms with van der Waals surface area (Å²) in [4.78, 5) is 10.9. The van der Waals surface area contributed by atoms with E-state index in [0.29, 0.717) is 0 Å². The van der Waals surface area contributed by atoms with Gasteiger partial charge in [-0.2, -0.15) is 0 Å². The Morgan fingerprint density at radius 1 is 1.33 bits per heavy atom. The van der Waals surface area contributed by atoms with E-state index in [0.717, 1.165) is 0 Å². The fraction of sp³-hybridized carbons (Fsp3) is 0.875. The van der Waals surface area contributed by atoms with Crippen LogP contribution in [0.25, 0.3) is 0 Å². The molecule has 0 saturated carbocycles. The number of ether oxygens (including phenoxy) is 2. The van der Waals surface area contributed by atoms with E-state index < -0.39 is 36.6 Å². The first-order valence-corrected chi connectivity index (χ1v) is 4.59. The van der Waals surface area contributed by atoms with Crippen molar-refractivity contribution in [2.45, 2.75) is 37.6 Å². The van der Waals surface area contributed by atoms with Crippen LogP contribution >= 0.6 is 0 Å². The first-order chi connectivity index (χ1) is 6.99. The lowest BCUT2D eigenvalue weighted by Crippen LogP contribution is -2.61. The topological polar surface area (TPSA) is 122 Å². The van der Waals surface area contributed by atoms with E-state index in [9.17, 15) is 20.1 Å². The summed E-state index contributed by atoms with van der Waals surface area (Å²) in [5.74, 6) is -0.918. The van der Waals surface area contributed by atoms with Gasteiger partial charge in [-0.1, -0.05) is 0 Å². The largest absolute Gasteiger partial charge is 0.387 e. The minimum absolute atomic E-state index is 0.232. The number of aliphatic hydroxyl groups excluding tert-OH is 3. The van der Waals surface area contributed by atoms with Gasteiger partial charge in [0.2, 0.25) is 5.91 Å². The van der Waals surface area contributed by atoms with Crippen molar-refractivity contribution in [2.24, 2.45) is 5.73 Å². The molecule has 5 atom stereocenters. The van der Waals surface area contributed by atoms with Gasteiger partial charge in [0.25, 0.3) is 0 Å². The van der Waals surface area contributed by atoms with Crippen LogP contribution in [0.15, 0.2) is 0 Å². The highest BCUT2D eigenvalue weighted by Crippen LogP contribution is 2.21. The molecule has 1 fully saturated rings. The zero-order valence-electron chi connectivity index (χ0n) is 8.24. The molecule has 1 saturated heterocycles. The summed E-state index contributed by atoms with van der Waals surface area (Å²) >= 11 is 0. The van der Waals surface area contributed by atoms with Gasteiger partial charge in [-0.05, 0) is 6.92 Å². The minimum atomic E-state index is -1.55. The summed E-state index contributed by atoms with van der Waals surface area (Å²) in [6, 6.07) is 0. The number of rotatable bonds is 3. The van der Waals surface area contributed by atoms with Crippen molar-refractivity contribution in [3.63, 3.8) is 0 Å². The first-order valence-electron chi connectivity index (χ1n) is 4.59. The molecule has 7 nitrogen and oxygen atoms in total. The van der Waals surface area contributed by atoms with Gasteiger partial charge in [0.05, 0.1) is 0 Å². The second-order valence-electron chi connectivity index (χ2n) is 3.25. The molecular weight excluding hydrogens is 206 g/mol. The number of nitrogens with two attached hydrogens (primary N) is 1. The van der Waals surface area contributed by atoms with E-state index in [1.165, 1.54) is 0 Å². The highest BCUT2D eigenvalue weighted by molar-refractivity contribution is 5.79.